The average molecular weight is 653 g/mol. The number of nitrogens with one attached hydrogen (secondary N) is 1. The van der Waals surface area contributed by atoms with E-state index in [0.29, 0.717) is 69.3 Å². The minimum atomic E-state index is -3.72. The Morgan fingerprint density at radius 3 is 2.26 bits per heavy atom. The fraction of sp³-hybridized carbons (Fsp3) is 0.278. The minimum absolute atomic E-state index is 0.103. The maximum absolute atomic E-state index is 14.0. The van der Waals surface area contributed by atoms with Crippen LogP contribution in [0, 0.1) is 13.8 Å². The Morgan fingerprint density at radius 1 is 0.979 bits per heavy atom. The number of anilines is 1. The summed E-state index contributed by atoms with van der Waals surface area (Å²) in [6.07, 6.45) is 4.62. The van der Waals surface area contributed by atoms with Crippen LogP contribution in [0.15, 0.2) is 77.5 Å². The number of nitrogens with zero attached hydrogens (tertiary/aromatic N) is 3. The molecule has 5 aromatic rings. The van der Waals surface area contributed by atoms with E-state index in [1.54, 1.807) is 50.6 Å². The van der Waals surface area contributed by atoms with E-state index >= 15 is 0 Å². The molecular weight excluding hydrogens is 616 g/mol. The molecule has 0 atom stereocenters. The van der Waals surface area contributed by atoms with Crippen LogP contribution in [0.5, 0.6) is 0 Å². The van der Waals surface area contributed by atoms with Crippen molar-refractivity contribution in [1.29, 1.82) is 0 Å². The van der Waals surface area contributed by atoms with E-state index < -0.39 is 15.4 Å². The fourth-order valence-corrected chi connectivity index (χ4v) is 7.11. The molecule has 0 radical (unpaired) electrons. The highest BCUT2D eigenvalue weighted by atomic mass is 32.2. The zero-order valence-electron chi connectivity index (χ0n) is 27.0. The number of hydrogen-bond donors (Lipinski definition) is 1. The number of sulfonamides is 1. The molecule has 3 aromatic carbocycles. The van der Waals surface area contributed by atoms with E-state index in [-0.39, 0.29) is 24.7 Å². The van der Waals surface area contributed by atoms with Crippen molar-refractivity contribution in [2.75, 3.05) is 37.4 Å². The summed E-state index contributed by atoms with van der Waals surface area (Å²) in [5.41, 5.74) is 4.64. The third-order valence-electron chi connectivity index (χ3n) is 8.68. The number of Topliss-reactive ketones (excluding diaryl/α,β-unsaturated/α-hetero) is 1. The van der Waals surface area contributed by atoms with Crippen LogP contribution in [-0.2, 0) is 20.2 Å². The Balaban J connectivity index is 1.54. The molecule has 0 aliphatic carbocycles. The Labute approximate surface area is 273 Å². The van der Waals surface area contributed by atoms with Crippen LogP contribution in [0.2, 0.25) is 0 Å². The normalized spacial score (nSPS) is 14.1. The van der Waals surface area contributed by atoms with Crippen LogP contribution in [-0.4, -0.2) is 63.1 Å². The lowest BCUT2D eigenvalue weighted by Crippen LogP contribution is -2.49. The Kier molecular flexibility index (Phi) is 8.46. The number of furan rings is 1. The van der Waals surface area contributed by atoms with Crippen LogP contribution in [0.4, 0.5) is 5.69 Å². The first-order valence-corrected chi connectivity index (χ1v) is 17.2. The smallest absolute Gasteiger partial charge is 0.255 e. The summed E-state index contributed by atoms with van der Waals surface area (Å²) >= 11 is 0. The number of rotatable bonds is 10. The van der Waals surface area contributed by atoms with Gasteiger partial charge in [0.05, 0.1) is 36.1 Å². The first-order chi connectivity index (χ1) is 22.5. The number of aryl methyl sites for hydroxylation is 2. The van der Waals surface area contributed by atoms with Gasteiger partial charge in [0.2, 0.25) is 10.0 Å². The summed E-state index contributed by atoms with van der Waals surface area (Å²) in [5, 5.41) is 3.24. The van der Waals surface area contributed by atoms with E-state index in [1.165, 1.54) is 4.31 Å². The standard InChI is InChI=1S/C36H36N4O6S/c1-6-40(47(5,43)44)29-18-31-28(32(34(42)37-4)33(46-31)24-11-8-22(2)9-12-24)17-27(29)25-13-10-23(3)26(16-25)30(41)19-36(20-45-21-36)35-38-14-7-15-39-35/h7-18H,6,19-21H2,1-5H3,(H,37,42). The van der Waals surface area contributed by atoms with Gasteiger partial charge in [0.1, 0.15) is 17.2 Å². The van der Waals surface area contributed by atoms with Crippen molar-refractivity contribution < 1.29 is 27.2 Å². The SMILES string of the molecule is CCN(c1cc2oc(-c3ccc(C)cc3)c(C(=O)NC)c2cc1-c1ccc(C)c(C(=O)CC2(c3ncccn3)COC2)c1)S(C)(=O)=O. The van der Waals surface area contributed by atoms with Crippen molar-refractivity contribution in [2.24, 2.45) is 0 Å². The van der Waals surface area contributed by atoms with E-state index in [2.05, 4.69) is 15.3 Å². The molecule has 1 N–H and O–H groups in total. The topological polar surface area (TPSA) is 132 Å². The summed E-state index contributed by atoms with van der Waals surface area (Å²) in [5.74, 6) is 0.498. The monoisotopic (exact) mass is 652 g/mol. The first-order valence-electron chi connectivity index (χ1n) is 15.3. The number of carbonyl (C=O) groups is 2. The van der Waals surface area contributed by atoms with E-state index in [4.69, 9.17) is 9.15 Å². The van der Waals surface area contributed by atoms with Gasteiger partial charge in [0.25, 0.3) is 5.91 Å². The highest BCUT2D eigenvalue weighted by molar-refractivity contribution is 7.92. The van der Waals surface area contributed by atoms with Crippen LogP contribution in [0.1, 0.15) is 51.0 Å². The zero-order valence-corrected chi connectivity index (χ0v) is 27.8. The van der Waals surface area contributed by atoms with Gasteiger partial charge in [-0.3, -0.25) is 13.9 Å². The highest BCUT2D eigenvalue weighted by Crippen LogP contribution is 2.42. The van der Waals surface area contributed by atoms with Gasteiger partial charge in [-0.15, -0.1) is 0 Å². The van der Waals surface area contributed by atoms with Crippen LogP contribution < -0.4 is 9.62 Å². The molecule has 6 rings (SSSR count). The lowest BCUT2D eigenvalue weighted by atomic mass is 9.78. The second-order valence-electron chi connectivity index (χ2n) is 12.0. The third-order valence-corrected chi connectivity index (χ3v) is 9.93. The van der Waals surface area contributed by atoms with Gasteiger partial charge < -0.3 is 14.5 Å². The number of benzene rings is 3. The second-order valence-corrected chi connectivity index (χ2v) is 13.9. The third kappa shape index (κ3) is 5.92. The van der Waals surface area contributed by atoms with Gasteiger partial charge >= 0.3 is 0 Å². The number of hydrogen-bond acceptors (Lipinski definition) is 8. The number of carbonyl (C=O) groups excluding carboxylic acids is 2. The van der Waals surface area contributed by atoms with Crippen LogP contribution in [0.25, 0.3) is 33.4 Å². The van der Waals surface area contributed by atoms with Gasteiger partial charge in [-0.25, -0.2) is 18.4 Å². The fourth-order valence-electron chi connectivity index (χ4n) is 6.14. The van der Waals surface area contributed by atoms with Crippen molar-refractivity contribution in [3.05, 3.63) is 101 Å². The predicted molar refractivity (Wildman–Crippen MR) is 181 cm³/mol. The predicted octanol–water partition coefficient (Wildman–Crippen LogP) is 5.86. The van der Waals surface area contributed by atoms with Crippen molar-refractivity contribution in [3.8, 4) is 22.5 Å². The molecule has 1 aliphatic rings. The summed E-state index contributed by atoms with van der Waals surface area (Å²) < 4.78 is 39.3. The van der Waals surface area contributed by atoms with E-state index in [0.717, 1.165) is 17.4 Å². The number of fused-ring (bicyclic) bond motifs is 1. The second kappa shape index (κ2) is 12.4. The van der Waals surface area contributed by atoms with Gasteiger partial charge in [0.15, 0.2) is 5.78 Å². The summed E-state index contributed by atoms with van der Waals surface area (Å²) in [6, 6.07) is 18.3. The highest BCUT2D eigenvalue weighted by Gasteiger charge is 2.45. The molecular formula is C36H36N4O6S. The van der Waals surface area contributed by atoms with Crippen LogP contribution >= 0.6 is 0 Å². The molecule has 0 bridgehead atoms. The Bertz CT molecular complexity index is 2100. The van der Waals surface area contributed by atoms with Crippen molar-refractivity contribution in [2.45, 2.75) is 32.6 Å². The maximum Gasteiger partial charge on any atom is 0.255 e. The molecule has 11 heteroatoms. The molecule has 0 unspecified atom stereocenters. The largest absolute Gasteiger partial charge is 0.455 e. The van der Waals surface area contributed by atoms with Crippen molar-refractivity contribution in [3.63, 3.8) is 0 Å². The molecule has 47 heavy (non-hydrogen) atoms. The van der Waals surface area contributed by atoms with E-state index in [1.807, 2.05) is 50.2 Å². The summed E-state index contributed by atoms with van der Waals surface area (Å²) in [4.78, 5) is 36.1. The molecule has 0 saturated carbocycles. The van der Waals surface area contributed by atoms with Gasteiger partial charge in [-0.05, 0) is 50.1 Å². The molecule has 1 amide bonds. The number of aromatic nitrogens is 2. The molecule has 1 saturated heterocycles. The summed E-state index contributed by atoms with van der Waals surface area (Å²) in [7, 11) is -2.16. The molecule has 242 valence electrons. The molecule has 10 nitrogen and oxygen atoms in total. The number of ether oxygens (including phenoxy) is 1. The maximum atomic E-state index is 14.0. The lowest BCUT2D eigenvalue weighted by molar-refractivity contribution is -0.0644. The minimum Gasteiger partial charge on any atom is -0.455 e. The quantitative estimate of drug-likeness (QED) is 0.186. The van der Waals surface area contributed by atoms with Gasteiger partial charge in [-0.1, -0.05) is 42.0 Å². The number of ketones is 1. The van der Waals surface area contributed by atoms with Crippen LogP contribution in [0.3, 0.4) is 0 Å². The molecule has 3 heterocycles. The Morgan fingerprint density at radius 2 is 1.66 bits per heavy atom. The molecule has 2 aromatic heterocycles. The molecule has 1 fully saturated rings. The number of amides is 1. The lowest BCUT2D eigenvalue weighted by Gasteiger charge is -2.39. The van der Waals surface area contributed by atoms with E-state index in [9.17, 15) is 18.0 Å². The van der Waals surface area contributed by atoms with Gasteiger partial charge in [0, 0.05) is 60.5 Å². The first kappa shape index (κ1) is 32.1. The Hall–Kier alpha value is -4.87. The van der Waals surface area contributed by atoms with Gasteiger partial charge in [-0.2, -0.15) is 0 Å². The molecule has 1 aliphatic heterocycles. The summed E-state index contributed by atoms with van der Waals surface area (Å²) in [6.45, 7) is 6.43. The van der Waals surface area contributed by atoms with Crippen molar-refractivity contribution >= 4 is 38.4 Å². The zero-order chi connectivity index (χ0) is 33.5. The van der Waals surface area contributed by atoms with Crippen molar-refractivity contribution in [1.82, 2.24) is 15.3 Å². The molecule has 0 spiro atoms. The average Bonchev–Trinajstić information content (AvgIpc) is 3.41.